The van der Waals surface area contributed by atoms with Crippen LogP contribution >= 0.6 is 0 Å². The highest BCUT2D eigenvalue weighted by atomic mass is 15.3. The number of nitrogens with zero attached hydrogens (tertiary/aromatic N) is 3. The second-order valence-corrected chi connectivity index (χ2v) is 5.54. The van der Waals surface area contributed by atoms with Gasteiger partial charge in [-0.15, -0.1) is 0 Å². The van der Waals surface area contributed by atoms with Crippen LogP contribution in [0.25, 0.3) is 0 Å². The van der Waals surface area contributed by atoms with Gasteiger partial charge in [-0.05, 0) is 44.8 Å². The molecule has 17 heavy (non-hydrogen) atoms. The number of hydrogen-bond donors (Lipinski definition) is 1. The lowest BCUT2D eigenvalue weighted by atomic mass is 9.84. The van der Waals surface area contributed by atoms with Crippen molar-refractivity contribution in [3.8, 4) is 0 Å². The predicted molar refractivity (Wildman–Crippen MR) is 67.8 cm³/mol. The molecule has 94 valence electrons. The van der Waals surface area contributed by atoms with Crippen molar-refractivity contribution in [3.63, 3.8) is 0 Å². The zero-order valence-corrected chi connectivity index (χ0v) is 10.5. The van der Waals surface area contributed by atoms with E-state index in [1.54, 1.807) is 0 Å². The molecule has 1 N–H and O–H groups in total. The van der Waals surface area contributed by atoms with E-state index in [1.165, 1.54) is 32.5 Å². The number of rotatable bonds is 4. The minimum Gasteiger partial charge on any atom is -0.308 e. The van der Waals surface area contributed by atoms with Crippen LogP contribution in [-0.2, 0) is 6.54 Å². The molecule has 3 saturated heterocycles. The molecule has 3 aliphatic heterocycles. The Kier molecular flexibility index (Phi) is 3.16. The quantitative estimate of drug-likeness (QED) is 0.842. The summed E-state index contributed by atoms with van der Waals surface area (Å²) >= 11 is 0. The van der Waals surface area contributed by atoms with Crippen molar-refractivity contribution >= 4 is 0 Å². The highest BCUT2D eigenvalue weighted by Gasteiger charge is 2.34. The molecule has 0 aliphatic carbocycles. The molecule has 2 atom stereocenters. The van der Waals surface area contributed by atoms with E-state index in [0.29, 0.717) is 12.1 Å². The van der Waals surface area contributed by atoms with Gasteiger partial charge in [-0.25, -0.2) is 0 Å². The van der Waals surface area contributed by atoms with Gasteiger partial charge in [0.25, 0.3) is 0 Å². The van der Waals surface area contributed by atoms with Crippen molar-refractivity contribution in [2.45, 2.75) is 38.4 Å². The van der Waals surface area contributed by atoms with Crippen molar-refractivity contribution in [1.82, 2.24) is 20.0 Å². The Hall–Kier alpha value is -0.870. The van der Waals surface area contributed by atoms with E-state index >= 15 is 0 Å². The van der Waals surface area contributed by atoms with Crippen molar-refractivity contribution in [3.05, 3.63) is 18.5 Å². The van der Waals surface area contributed by atoms with E-state index in [9.17, 15) is 0 Å². The van der Waals surface area contributed by atoms with E-state index in [-0.39, 0.29) is 0 Å². The third-order valence-corrected chi connectivity index (χ3v) is 4.17. The zero-order chi connectivity index (χ0) is 11.7. The Morgan fingerprint density at radius 3 is 2.82 bits per heavy atom. The minimum absolute atomic E-state index is 0.500. The van der Waals surface area contributed by atoms with Gasteiger partial charge in [-0.3, -0.25) is 4.68 Å². The van der Waals surface area contributed by atoms with E-state index in [0.717, 1.165) is 12.5 Å². The van der Waals surface area contributed by atoms with Crippen LogP contribution in [0.3, 0.4) is 0 Å². The molecule has 4 rings (SSSR count). The SMILES string of the molecule is CC(Cn1cccn1)NC1CN2CCC1CC2. The maximum absolute atomic E-state index is 4.26. The molecular formula is C13H22N4. The first-order chi connectivity index (χ1) is 8.31. The fourth-order valence-electron chi connectivity index (χ4n) is 3.26. The number of nitrogens with one attached hydrogen (secondary N) is 1. The first-order valence-corrected chi connectivity index (χ1v) is 6.77. The maximum Gasteiger partial charge on any atom is 0.0560 e. The average molecular weight is 234 g/mol. The summed E-state index contributed by atoms with van der Waals surface area (Å²) in [6.07, 6.45) is 6.65. The largest absolute Gasteiger partial charge is 0.308 e. The highest BCUT2D eigenvalue weighted by Crippen LogP contribution is 2.27. The van der Waals surface area contributed by atoms with Crippen LogP contribution in [0, 0.1) is 5.92 Å². The van der Waals surface area contributed by atoms with E-state index < -0.39 is 0 Å². The lowest BCUT2D eigenvalue weighted by Gasteiger charge is -2.46. The van der Waals surface area contributed by atoms with Gasteiger partial charge in [0.1, 0.15) is 0 Å². The summed E-state index contributed by atoms with van der Waals surface area (Å²) in [5.74, 6) is 0.903. The summed E-state index contributed by atoms with van der Waals surface area (Å²) in [5, 5.41) is 8.05. The molecule has 0 aromatic carbocycles. The Morgan fingerprint density at radius 1 is 1.41 bits per heavy atom. The minimum atomic E-state index is 0.500. The van der Waals surface area contributed by atoms with Crippen LogP contribution in [0.4, 0.5) is 0 Å². The summed E-state index contributed by atoms with van der Waals surface area (Å²) < 4.78 is 2.01. The van der Waals surface area contributed by atoms with Crippen molar-refractivity contribution < 1.29 is 0 Å². The molecule has 2 unspecified atom stereocenters. The third-order valence-electron chi connectivity index (χ3n) is 4.17. The van der Waals surface area contributed by atoms with Gasteiger partial charge in [-0.1, -0.05) is 0 Å². The molecule has 4 heteroatoms. The topological polar surface area (TPSA) is 33.1 Å². The van der Waals surface area contributed by atoms with Crippen LogP contribution < -0.4 is 5.32 Å². The molecule has 2 bridgehead atoms. The van der Waals surface area contributed by atoms with Crippen molar-refractivity contribution in [1.29, 1.82) is 0 Å². The molecule has 1 aromatic heterocycles. The summed E-state index contributed by atoms with van der Waals surface area (Å²) in [4.78, 5) is 2.60. The fraction of sp³-hybridized carbons (Fsp3) is 0.769. The summed E-state index contributed by atoms with van der Waals surface area (Å²) in [6, 6.07) is 3.18. The van der Waals surface area contributed by atoms with E-state index in [4.69, 9.17) is 0 Å². The maximum atomic E-state index is 4.26. The van der Waals surface area contributed by atoms with Gasteiger partial charge < -0.3 is 10.2 Å². The summed E-state index contributed by atoms with van der Waals surface area (Å²) in [7, 11) is 0. The van der Waals surface area contributed by atoms with Crippen LogP contribution in [0.5, 0.6) is 0 Å². The normalized spacial score (nSPS) is 33.8. The zero-order valence-electron chi connectivity index (χ0n) is 10.5. The van der Waals surface area contributed by atoms with Gasteiger partial charge in [0.15, 0.2) is 0 Å². The van der Waals surface area contributed by atoms with E-state index in [2.05, 4.69) is 22.2 Å². The summed E-state index contributed by atoms with van der Waals surface area (Å²) in [6.45, 7) is 7.11. The van der Waals surface area contributed by atoms with Crippen LogP contribution in [0.15, 0.2) is 18.5 Å². The van der Waals surface area contributed by atoms with Gasteiger partial charge in [0.2, 0.25) is 0 Å². The number of aromatic nitrogens is 2. The Bertz CT molecular complexity index is 340. The first-order valence-electron chi connectivity index (χ1n) is 6.77. The Balaban J connectivity index is 1.53. The van der Waals surface area contributed by atoms with Crippen LogP contribution in [0.1, 0.15) is 19.8 Å². The first kappa shape index (κ1) is 11.2. The molecule has 0 spiro atoms. The monoisotopic (exact) mass is 234 g/mol. The van der Waals surface area contributed by atoms with Gasteiger partial charge in [0, 0.05) is 31.0 Å². The molecule has 3 fully saturated rings. The van der Waals surface area contributed by atoms with E-state index in [1.807, 2.05) is 23.1 Å². The second-order valence-electron chi connectivity index (χ2n) is 5.54. The lowest BCUT2D eigenvalue weighted by Crippen LogP contribution is -2.58. The fourth-order valence-corrected chi connectivity index (χ4v) is 3.26. The van der Waals surface area contributed by atoms with Gasteiger partial charge in [0.05, 0.1) is 6.54 Å². The molecule has 1 aromatic rings. The number of hydrogen-bond acceptors (Lipinski definition) is 3. The van der Waals surface area contributed by atoms with Crippen LogP contribution in [0.2, 0.25) is 0 Å². The second kappa shape index (κ2) is 4.78. The standard InChI is InChI=1S/C13H22N4/c1-11(9-17-6-2-5-14-17)15-13-10-16-7-3-12(13)4-8-16/h2,5-6,11-13,15H,3-4,7-10H2,1H3. The van der Waals surface area contributed by atoms with Gasteiger partial charge in [-0.2, -0.15) is 5.10 Å². The molecular weight excluding hydrogens is 212 g/mol. The third kappa shape index (κ3) is 2.53. The molecule has 4 heterocycles. The average Bonchev–Trinajstić information content (AvgIpc) is 2.83. The summed E-state index contributed by atoms with van der Waals surface area (Å²) in [5.41, 5.74) is 0. The lowest BCUT2D eigenvalue weighted by molar-refractivity contribution is 0.0667. The smallest absolute Gasteiger partial charge is 0.0560 e. The van der Waals surface area contributed by atoms with Gasteiger partial charge >= 0.3 is 0 Å². The molecule has 3 aliphatic rings. The van der Waals surface area contributed by atoms with Crippen molar-refractivity contribution in [2.75, 3.05) is 19.6 Å². The Morgan fingerprint density at radius 2 is 2.24 bits per heavy atom. The van der Waals surface area contributed by atoms with Crippen molar-refractivity contribution in [2.24, 2.45) is 5.92 Å². The molecule has 0 radical (unpaired) electrons. The predicted octanol–water partition coefficient (Wildman–Crippen LogP) is 0.955. The highest BCUT2D eigenvalue weighted by molar-refractivity contribution is 4.92. The number of piperidine rings is 3. The molecule has 4 nitrogen and oxygen atoms in total. The molecule has 0 amide bonds. The molecule has 0 saturated carbocycles. The number of fused-ring (bicyclic) bond motifs is 3. The Labute approximate surface area is 103 Å². The van der Waals surface area contributed by atoms with Crippen LogP contribution in [-0.4, -0.2) is 46.4 Å².